The van der Waals surface area contributed by atoms with Gasteiger partial charge in [0.15, 0.2) is 0 Å². The van der Waals surface area contributed by atoms with E-state index in [4.69, 9.17) is 9.47 Å². The van der Waals surface area contributed by atoms with Gasteiger partial charge in [0.05, 0.1) is 0 Å². The van der Waals surface area contributed by atoms with Crippen molar-refractivity contribution in [2.45, 2.75) is 20.5 Å². The van der Waals surface area contributed by atoms with Crippen LogP contribution < -0.4 is 9.47 Å². The van der Waals surface area contributed by atoms with Crippen molar-refractivity contribution in [1.82, 2.24) is 0 Å². The van der Waals surface area contributed by atoms with Crippen molar-refractivity contribution in [3.63, 3.8) is 0 Å². The molecule has 0 radical (unpaired) electrons. The van der Waals surface area contributed by atoms with E-state index in [1.165, 1.54) is 12.1 Å². The summed E-state index contributed by atoms with van der Waals surface area (Å²) < 4.78 is 25.7. The van der Waals surface area contributed by atoms with E-state index in [2.05, 4.69) is 15.9 Å². The van der Waals surface area contributed by atoms with Crippen molar-refractivity contribution in [3.8, 4) is 17.2 Å². The van der Waals surface area contributed by atoms with Gasteiger partial charge >= 0.3 is 0 Å². The Bertz CT molecular complexity index is 855. The molecule has 2 nitrogen and oxygen atoms in total. The van der Waals surface area contributed by atoms with E-state index >= 15 is 0 Å². The van der Waals surface area contributed by atoms with Gasteiger partial charge < -0.3 is 9.47 Å². The monoisotopic (exact) mass is 400 g/mol. The van der Waals surface area contributed by atoms with Crippen LogP contribution in [0, 0.1) is 19.7 Å². The highest BCUT2D eigenvalue weighted by atomic mass is 79.9. The van der Waals surface area contributed by atoms with Gasteiger partial charge in [-0.25, -0.2) is 4.39 Å². The number of ether oxygens (including phenoxy) is 2. The molecule has 0 bridgehead atoms. The highest BCUT2D eigenvalue weighted by Gasteiger charge is 2.08. The van der Waals surface area contributed by atoms with Crippen LogP contribution in [0.3, 0.4) is 0 Å². The standard InChI is InChI=1S/C21H18BrFO2/c1-14-4-3-5-15(2)21(14)24-13-16-12-19(10-11-20(16)22)25-18-8-6-17(23)7-9-18/h3-12H,13H2,1-2H3. The smallest absolute Gasteiger partial charge is 0.127 e. The topological polar surface area (TPSA) is 18.5 Å². The lowest BCUT2D eigenvalue weighted by Crippen LogP contribution is -2.00. The maximum absolute atomic E-state index is 13.0. The van der Waals surface area contributed by atoms with Crippen LogP contribution in [0.15, 0.2) is 65.1 Å². The van der Waals surface area contributed by atoms with Gasteiger partial charge in [0.2, 0.25) is 0 Å². The summed E-state index contributed by atoms with van der Waals surface area (Å²) in [5.74, 6) is 1.88. The first-order valence-corrected chi connectivity index (χ1v) is 8.73. The van der Waals surface area contributed by atoms with E-state index in [0.29, 0.717) is 18.1 Å². The quantitative estimate of drug-likeness (QED) is 0.481. The molecule has 0 unspecified atom stereocenters. The Balaban J connectivity index is 1.76. The van der Waals surface area contributed by atoms with Crippen molar-refractivity contribution in [1.29, 1.82) is 0 Å². The van der Waals surface area contributed by atoms with Crippen molar-refractivity contribution >= 4 is 15.9 Å². The zero-order valence-corrected chi connectivity index (χ0v) is 15.6. The normalized spacial score (nSPS) is 10.6. The van der Waals surface area contributed by atoms with Gasteiger partial charge in [-0.2, -0.15) is 0 Å². The third-order valence-electron chi connectivity index (χ3n) is 3.85. The van der Waals surface area contributed by atoms with Crippen molar-refractivity contribution in [2.24, 2.45) is 0 Å². The van der Waals surface area contributed by atoms with E-state index in [-0.39, 0.29) is 5.82 Å². The number of hydrogen-bond donors (Lipinski definition) is 0. The Labute approximate surface area is 155 Å². The molecule has 0 saturated carbocycles. The van der Waals surface area contributed by atoms with Crippen LogP contribution in [-0.4, -0.2) is 0 Å². The minimum Gasteiger partial charge on any atom is -0.488 e. The van der Waals surface area contributed by atoms with Gasteiger partial charge in [0.1, 0.15) is 29.7 Å². The van der Waals surface area contributed by atoms with E-state index in [0.717, 1.165) is 26.9 Å². The van der Waals surface area contributed by atoms with Crippen LogP contribution in [0.25, 0.3) is 0 Å². The molecule has 3 aromatic rings. The molecule has 0 fully saturated rings. The van der Waals surface area contributed by atoms with Gasteiger partial charge in [-0.15, -0.1) is 0 Å². The molecule has 0 heterocycles. The minimum atomic E-state index is -0.286. The molecule has 3 rings (SSSR count). The van der Waals surface area contributed by atoms with Crippen LogP contribution in [0.4, 0.5) is 4.39 Å². The van der Waals surface area contributed by atoms with E-state index in [1.807, 2.05) is 50.2 Å². The lowest BCUT2D eigenvalue weighted by atomic mass is 10.1. The van der Waals surface area contributed by atoms with Crippen molar-refractivity contribution < 1.29 is 13.9 Å². The molecule has 0 aromatic heterocycles. The minimum absolute atomic E-state index is 0.286. The van der Waals surface area contributed by atoms with Crippen LogP contribution in [0.2, 0.25) is 0 Å². The molecule has 25 heavy (non-hydrogen) atoms. The second-order valence-corrected chi connectivity index (χ2v) is 6.67. The summed E-state index contributed by atoms with van der Waals surface area (Å²) in [5, 5.41) is 0. The average molecular weight is 401 g/mol. The Hall–Kier alpha value is -2.33. The second kappa shape index (κ2) is 7.70. The third-order valence-corrected chi connectivity index (χ3v) is 4.62. The second-order valence-electron chi connectivity index (χ2n) is 5.82. The fourth-order valence-electron chi connectivity index (χ4n) is 2.54. The Morgan fingerprint density at radius 3 is 2.20 bits per heavy atom. The third kappa shape index (κ3) is 4.40. The highest BCUT2D eigenvalue weighted by molar-refractivity contribution is 9.10. The summed E-state index contributed by atoms with van der Waals surface area (Å²) in [6.45, 7) is 4.49. The predicted octanol–water partition coefficient (Wildman–Crippen LogP) is 6.58. The number of aryl methyl sites for hydroxylation is 2. The van der Waals surface area contributed by atoms with Crippen molar-refractivity contribution in [2.75, 3.05) is 0 Å². The lowest BCUT2D eigenvalue weighted by molar-refractivity contribution is 0.300. The Morgan fingerprint density at radius 2 is 1.52 bits per heavy atom. The fourth-order valence-corrected chi connectivity index (χ4v) is 2.90. The van der Waals surface area contributed by atoms with E-state index < -0.39 is 0 Å². The molecule has 0 aliphatic carbocycles. The first-order chi connectivity index (χ1) is 12.0. The summed E-state index contributed by atoms with van der Waals surface area (Å²) in [6, 6.07) is 17.7. The van der Waals surface area contributed by atoms with Crippen LogP contribution in [-0.2, 0) is 6.61 Å². The largest absolute Gasteiger partial charge is 0.488 e. The molecule has 0 aliphatic rings. The number of halogens is 2. The molecule has 0 amide bonds. The van der Waals surface area contributed by atoms with Gasteiger partial charge in [-0.05, 0) is 67.4 Å². The zero-order valence-electron chi connectivity index (χ0n) is 14.1. The first-order valence-electron chi connectivity index (χ1n) is 7.94. The summed E-state index contributed by atoms with van der Waals surface area (Å²) in [6.07, 6.45) is 0. The predicted molar refractivity (Wildman–Crippen MR) is 101 cm³/mol. The molecule has 0 saturated heterocycles. The molecule has 128 valence electrons. The lowest BCUT2D eigenvalue weighted by Gasteiger charge is -2.14. The molecule has 3 aromatic carbocycles. The van der Waals surface area contributed by atoms with Gasteiger partial charge in [-0.1, -0.05) is 34.1 Å². The van der Waals surface area contributed by atoms with E-state index in [1.54, 1.807) is 12.1 Å². The number of benzene rings is 3. The number of rotatable bonds is 5. The highest BCUT2D eigenvalue weighted by Crippen LogP contribution is 2.29. The average Bonchev–Trinajstić information content (AvgIpc) is 2.59. The molecule has 0 N–H and O–H groups in total. The summed E-state index contributed by atoms with van der Waals surface area (Å²) >= 11 is 3.55. The van der Waals surface area contributed by atoms with Gasteiger partial charge in [-0.3, -0.25) is 0 Å². The van der Waals surface area contributed by atoms with Crippen molar-refractivity contribution in [3.05, 3.63) is 87.6 Å². The van der Waals surface area contributed by atoms with E-state index in [9.17, 15) is 4.39 Å². The molecule has 0 spiro atoms. The van der Waals surface area contributed by atoms with Gasteiger partial charge in [0, 0.05) is 10.0 Å². The van der Waals surface area contributed by atoms with Crippen LogP contribution in [0.5, 0.6) is 17.2 Å². The molecular weight excluding hydrogens is 383 g/mol. The summed E-state index contributed by atoms with van der Waals surface area (Å²) in [5.41, 5.74) is 3.19. The summed E-state index contributed by atoms with van der Waals surface area (Å²) in [4.78, 5) is 0. The Kier molecular flexibility index (Phi) is 5.39. The maximum atomic E-state index is 13.0. The SMILES string of the molecule is Cc1cccc(C)c1OCc1cc(Oc2ccc(F)cc2)ccc1Br. The molecule has 0 aliphatic heterocycles. The first kappa shape index (κ1) is 17.5. The molecule has 4 heteroatoms. The number of hydrogen-bond acceptors (Lipinski definition) is 2. The summed E-state index contributed by atoms with van der Waals surface area (Å²) in [7, 11) is 0. The fraction of sp³-hybridized carbons (Fsp3) is 0.143. The molecular formula is C21H18BrFO2. The Morgan fingerprint density at radius 1 is 0.880 bits per heavy atom. The van der Waals surface area contributed by atoms with Crippen LogP contribution in [0.1, 0.15) is 16.7 Å². The zero-order chi connectivity index (χ0) is 17.8. The molecule has 0 atom stereocenters. The number of para-hydroxylation sites is 1. The van der Waals surface area contributed by atoms with Crippen LogP contribution >= 0.6 is 15.9 Å². The van der Waals surface area contributed by atoms with Gasteiger partial charge in [0.25, 0.3) is 0 Å². The maximum Gasteiger partial charge on any atom is 0.127 e.